The Labute approximate surface area is 94.6 Å². The van der Waals surface area contributed by atoms with E-state index in [1.165, 1.54) is 6.42 Å². The summed E-state index contributed by atoms with van der Waals surface area (Å²) in [6.45, 7) is 1.61. The molecular weight excluding hydrogens is 213 g/mol. The second-order valence-corrected chi connectivity index (χ2v) is 4.46. The minimum absolute atomic E-state index is 0.424. The summed E-state index contributed by atoms with van der Waals surface area (Å²) in [5.74, 6) is 0.446. The first-order valence-corrected chi connectivity index (χ1v) is 5.74. The Balaban J connectivity index is 2.25. The average molecular weight is 228 g/mol. The maximum Gasteiger partial charge on any atom is 0.115 e. The van der Waals surface area contributed by atoms with Crippen LogP contribution in [-0.4, -0.2) is 13.1 Å². The molecule has 1 aromatic carbocycles. The van der Waals surface area contributed by atoms with E-state index in [4.69, 9.17) is 11.6 Å². The zero-order valence-electron chi connectivity index (χ0n) is 8.60. The normalized spacial score (nSPS) is 21.6. The lowest BCUT2D eigenvalue weighted by molar-refractivity contribution is 0.444. The van der Waals surface area contributed by atoms with Gasteiger partial charge in [0.15, 0.2) is 0 Å². The molecular formula is C12H15ClFN. The van der Waals surface area contributed by atoms with Crippen molar-refractivity contribution in [3.63, 3.8) is 0 Å². The van der Waals surface area contributed by atoms with Gasteiger partial charge in [0, 0.05) is 11.6 Å². The van der Waals surface area contributed by atoms with Crippen LogP contribution in [0.15, 0.2) is 18.2 Å². The van der Waals surface area contributed by atoms with Crippen molar-refractivity contribution in [1.29, 1.82) is 0 Å². The highest BCUT2D eigenvalue weighted by atomic mass is 35.5. The predicted molar refractivity (Wildman–Crippen MR) is 61.1 cm³/mol. The lowest BCUT2D eigenvalue weighted by Crippen LogP contribution is -2.28. The highest BCUT2D eigenvalue weighted by molar-refractivity contribution is 6.30. The summed E-state index contributed by atoms with van der Waals surface area (Å²) in [6.07, 6.45) is 2.31. The first kappa shape index (κ1) is 10.9. The molecule has 1 nitrogen and oxygen atoms in total. The molecule has 1 aromatic rings. The Morgan fingerprint density at radius 1 is 1.47 bits per heavy atom. The summed E-state index contributed by atoms with van der Waals surface area (Å²) in [7, 11) is 0. The van der Waals surface area contributed by atoms with Crippen molar-refractivity contribution < 1.29 is 4.39 Å². The molecule has 0 radical (unpaired) electrons. The van der Waals surface area contributed by atoms with Crippen molar-refractivity contribution >= 4 is 11.6 Å². The van der Waals surface area contributed by atoms with E-state index in [-0.39, 0.29) is 0 Å². The molecule has 1 N–H and O–H groups in total. The monoisotopic (exact) mass is 227 g/mol. The van der Waals surface area contributed by atoms with E-state index in [0.29, 0.717) is 10.9 Å². The fourth-order valence-corrected chi connectivity index (χ4v) is 2.40. The zero-order chi connectivity index (χ0) is 10.7. The van der Waals surface area contributed by atoms with Crippen LogP contribution in [0.4, 0.5) is 4.39 Å². The van der Waals surface area contributed by atoms with E-state index in [1.807, 2.05) is 12.1 Å². The topological polar surface area (TPSA) is 12.0 Å². The van der Waals surface area contributed by atoms with Crippen molar-refractivity contribution in [2.45, 2.75) is 25.4 Å². The number of rotatable bonds is 2. The number of alkyl halides is 1. The molecule has 1 atom stereocenters. The first-order valence-electron chi connectivity index (χ1n) is 5.36. The SMILES string of the molecule is FCc1cc(Cl)ccc1C1CCCNC1. The van der Waals surface area contributed by atoms with Gasteiger partial charge in [-0.1, -0.05) is 17.7 Å². The fourth-order valence-electron chi connectivity index (χ4n) is 2.21. The van der Waals surface area contributed by atoms with Crippen LogP contribution in [-0.2, 0) is 6.67 Å². The molecule has 1 fully saturated rings. The van der Waals surface area contributed by atoms with Gasteiger partial charge in [-0.2, -0.15) is 0 Å². The van der Waals surface area contributed by atoms with E-state index in [1.54, 1.807) is 6.07 Å². The quantitative estimate of drug-likeness (QED) is 0.818. The average Bonchev–Trinajstić information content (AvgIpc) is 2.30. The number of nitrogens with one attached hydrogen (secondary N) is 1. The fraction of sp³-hybridized carbons (Fsp3) is 0.500. The standard InChI is InChI=1S/C12H15ClFN/c13-11-3-4-12(10(6-11)7-14)9-2-1-5-15-8-9/h3-4,6,9,15H,1-2,5,7-8H2. The third-order valence-corrected chi connectivity index (χ3v) is 3.22. The summed E-state index contributed by atoms with van der Waals surface area (Å²) in [5.41, 5.74) is 1.87. The van der Waals surface area contributed by atoms with Crippen molar-refractivity contribution in [2.75, 3.05) is 13.1 Å². The molecule has 3 heteroatoms. The van der Waals surface area contributed by atoms with Crippen LogP contribution in [0, 0.1) is 0 Å². The van der Waals surface area contributed by atoms with Crippen LogP contribution in [0.5, 0.6) is 0 Å². The molecule has 15 heavy (non-hydrogen) atoms. The molecule has 0 amide bonds. The molecule has 1 aliphatic heterocycles. The molecule has 0 bridgehead atoms. The Morgan fingerprint density at radius 3 is 3.00 bits per heavy atom. The van der Waals surface area contributed by atoms with Gasteiger partial charge < -0.3 is 5.32 Å². The van der Waals surface area contributed by atoms with Gasteiger partial charge in [-0.05, 0) is 48.6 Å². The zero-order valence-corrected chi connectivity index (χ0v) is 9.36. The lowest BCUT2D eigenvalue weighted by atomic mass is 9.89. The number of halogens is 2. The largest absolute Gasteiger partial charge is 0.316 e. The molecule has 0 spiro atoms. The minimum atomic E-state index is -0.424. The number of benzene rings is 1. The van der Waals surface area contributed by atoms with Crippen LogP contribution < -0.4 is 5.32 Å². The molecule has 1 saturated heterocycles. The summed E-state index contributed by atoms with van der Waals surface area (Å²) in [5, 5.41) is 3.96. The van der Waals surface area contributed by atoms with E-state index in [0.717, 1.165) is 30.6 Å². The summed E-state index contributed by atoms with van der Waals surface area (Å²) in [6, 6.07) is 5.56. The van der Waals surface area contributed by atoms with E-state index in [2.05, 4.69) is 5.32 Å². The molecule has 1 aliphatic rings. The minimum Gasteiger partial charge on any atom is -0.316 e. The van der Waals surface area contributed by atoms with E-state index >= 15 is 0 Å². The van der Waals surface area contributed by atoms with Gasteiger partial charge >= 0.3 is 0 Å². The molecule has 0 saturated carbocycles. The van der Waals surface area contributed by atoms with Gasteiger partial charge in [-0.15, -0.1) is 0 Å². The third-order valence-electron chi connectivity index (χ3n) is 2.99. The second-order valence-electron chi connectivity index (χ2n) is 4.02. The van der Waals surface area contributed by atoms with E-state index < -0.39 is 6.67 Å². The van der Waals surface area contributed by atoms with Crippen molar-refractivity contribution in [1.82, 2.24) is 5.32 Å². The summed E-state index contributed by atoms with van der Waals surface area (Å²) < 4.78 is 12.8. The summed E-state index contributed by atoms with van der Waals surface area (Å²) in [4.78, 5) is 0. The third kappa shape index (κ3) is 2.50. The van der Waals surface area contributed by atoms with Gasteiger partial charge in [0.25, 0.3) is 0 Å². The number of piperidine rings is 1. The molecule has 1 heterocycles. The second kappa shape index (κ2) is 4.95. The van der Waals surface area contributed by atoms with Crippen LogP contribution in [0.2, 0.25) is 5.02 Å². The molecule has 0 aliphatic carbocycles. The van der Waals surface area contributed by atoms with Gasteiger partial charge in [-0.3, -0.25) is 0 Å². The Bertz CT molecular complexity index is 334. The molecule has 0 aromatic heterocycles. The summed E-state index contributed by atoms with van der Waals surface area (Å²) >= 11 is 5.85. The van der Waals surface area contributed by atoms with Gasteiger partial charge in [0.05, 0.1) is 0 Å². The Morgan fingerprint density at radius 2 is 2.33 bits per heavy atom. The smallest absolute Gasteiger partial charge is 0.115 e. The van der Waals surface area contributed by atoms with Crippen LogP contribution in [0.1, 0.15) is 29.9 Å². The highest BCUT2D eigenvalue weighted by Crippen LogP contribution is 2.28. The van der Waals surface area contributed by atoms with Crippen molar-refractivity contribution in [3.8, 4) is 0 Å². The van der Waals surface area contributed by atoms with Crippen LogP contribution in [0.3, 0.4) is 0 Å². The van der Waals surface area contributed by atoms with Crippen LogP contribution >= 0.6 is 11.6 Å². The predicted octanol–water partition coefficient (Wildman–Crippen LogP) is 3.28. The van der Waals surface area contributed by atoms with Crippen LogP contribution in [0.25, 0.3) is 0 Å². The maximum absolute atomic E-state index is 12.8. The highest BCUT2D eigenvalue weighted by Gasteiger charge is 2.18. The van der Waals surface area contributed by atoms with Crippen molar-refractivity contribution in [3.05, 3.63) is 34.3 Å². The Kier molecular flexibility index (Phi) is 3.60. The molecule has 2 rings (SSSR count). The Hall–Kier alpha value is -0.600. The van der Waals surface area contributed by atoms with Gasteiger partial charge in [-0.25, -0.2) is 4.39 Å². The number of hydrogen-bond donors (Lipinski definition) is 1. The first-order chi connectivity index (χ1) is 7.31. The van der Waals surface area contributed by atoms with Crippen molar-refractivity contribution in [2.24, 2.45) is 0 Å². The van der Waals surface area contributed by atoms with E-state index in [9.17, 15) is 4.39 Å². The lowest BCUT2D eigenvalue weighted by Gasteiger charge is -2.24. The number of hydrogen-bond acceptors (Lipinski definition) is 1. The van der Waals surface area contributed by atoms with Gasteiger partial charge in [0.1, 0.15) is 6.67 Å². The molecule has 82 valence electrons. The molecule has 1 unspecified atom stereocenters. The van der Waals surface area contributed by atoms with Gasteiger partial charge in [0.2, 0.25) is 0 Å². The maximum atomic E-state index is 12.8.